The van der Waals surface area contributed by atoms with Crippen molar-refractivity contribution in [2.75, 3.05) is 22.4 Å². The topological polar surface area (TPSA) is 105 Å². The zero-order valence-electron chi connectivity index (χ0n) is 19.1. The number of benzene rings is 3. The van der Waals surface area contributed by atoms with E-state index in [1.807, 2.05) is 37.3 Å². The monoisotopic (exact) mass is 513 g/mol. The van der Waals surface area contributed by atoms with Gasteiger partial charge in [-0.15, -0.1) is 0 Å². The normalized spacial score (nSPS) is 16.0. The molecule has 0 spiro atoms. The van der Waals surface area contributed by atoms with Crippen LogP contribution in [-0.2, 0) is 14.8 Å². The average molecular weight is 514 g/mol. The summed E-state index contributed by atoms with van der Waals surface area (Å²) in [7, 11) is -3.71. The smallest absolute Gasteiger partial charge is 0.267 e. The van der Waals surface area contributed by atoms with Crippen LogP contribution in [0.5, 0.6) is 5.75 Å². The Kier molecular flexibility index (Phi) is 7.00. The molecular formula is C25H24ClN3O5S. The van der Waals surface area contributed by atoms with E-state index in [0.717, 1.165) is 16.1 Å². The molecular weight excluding hydrogens is 490 g/mol. The fourth-order valence-electron chi connectivity index (χ4n) is 3.78. The number of nitrogens with zero attached hydrogens (tertiary/aromatic N) is 1. The third-order valence-electron chi connectivity index (χ3n) is 5.56. The molecule has 0 radical (unpaired) electrons. The van der Waals surface area contributed by atoms with Crippen molar-refractivity contribution in [2.45, 2.75) is 19.1 Å². The van der Waals surface area contributed by atoms with E-state index in [2.05, 4.69) is 10.6 Å². The first-order chi connectivity index (χ1) is 16.6. The second-order valence-electron chi connectivity index (χ2n) is 8.15. The van der Waals surface area contributed by atoms with Crippen molar-refractivity contribution in [2.24, 2.45) is 0 Å². The van der Waals surface area contributed by atoms with E-state index < -0.39 is 22.0 Å². The number of hydrogen-bond donors (Lipinski definition) is 2. The van der Waals surface area contributed by atoms with Gasteiger partial charge in [-0.1, -0.05) is 54.1 Å². The van der Waals surface area contributed by atoms with E-state index in [1.54, 1.807) is 30.3 Å². The average Bonchev–Trinajstić information content (AvgIpc) is 2.83. The SMILES string of the molecule is C[C@@H](NC(=O)c1ccccc1NC(=O)[C@@H]1CN(S(C)(=O)=O)c2cc(Cl)ccc2O1)c1ccccc1. The third kappa shape index (κ3) is 5.58. The Bertz CT molecular complexity index is 1360. The number of para-hydroxylation sites is 1. The van der Waals surface area contributed by atoms with Crippen LogP contribution in [0.25, 0.3) is 0 Å². The van der Waals surface area contributed by atoms with Gasteiger partial charge in [0.05, 0.1) is 35.8 Å². The van der Waals surface area contributed by atoms with Crippen molar-refractivity contribution in [3.05, 3.63) is 88.9 Å². The second-order valence-corrected chi connectivity index (χ2v) is 10.5. The van der Waals surface area contributed by atoms with Gasteiger partial charge in [0, 0.05) is 5.02 Å². The van der Waals surface area contributed by atoms with Crippen LogP contribution >= 0.6 is 11.6 Å². The number of amides is 2. The zero-order valence-corrected chi connectivity index (χ0v) is 20.6. The number of nitrogens with one attached hydrogen (secondary N) is 2. The number of hydrogen-bond acceptors (Lipinski definition) is 5. The van der Waals surface area contributed by atoms with Crippen molar-refractivity contribution in [1.29, 1.82) is 0 Å². The molecule has 4 rings (SSSR count). The number of ether oxygens (including phenoxy) is 1. The second kappa shape index (κ2) is 9.97. The lowest BCUT2D eigenvalue weighted by atomic mass is 10.1. The summed E-state index contributed by atoms with van der Waals surface area (Å²) in [5.74, 6) is -0.732. The van der Waals surface area contributed by atoms with Gasteiger partial charge in [-0.2, -0.15) is 0 Å². The van der Waals surface area contributed by atoms with Gasteiger partial charge in [-0.05, 0) is 42.8 Å². The Hall–Kier alpha value is -3.56. The molecule has 3 aromatic rings. The molecule has 2 amide bonds. The molecule has 0 saturated carbocycles. The molecule has 0 bridgehead atoms. The molecule has 1 heterocycles. The minimum Gasteiger partial charge on any atom is -0.476 e. The van der Waals surface area contributed by atoms with Gasteiger partial charge in [0.25, 0.3) is 11.8 Å². The standard InChI is InChI=1S/C25H24ClN3O5S/c1-16(17-8-4-3-5-9-17)27-24(30)19-10-6-7-11-20(19)28-25(31)23-15-29(35(2,32)33)21-14-18(26)12-13-22(21)34-23/h3-14,16,23H,15H2,1-2H3,(H,27,30)(H,28,31)/t16-,23+/m1/s1. The summed E-state index contributed by atoms with van der Waals surface area (Å²) in [6, 6.07) is 20.4. The largest absolute Gasteiger partial charge is 0.476 e. The van der Waals surface area contributed by atoms with Crippen molar-refractivity contribution in [3.8, 4) is 5.75 Å². The maximum absolute atomic E-state index is 13.1. The van der Waals surface area contributed by atoms with Gasteiger partial charge < -0.3 is 15.4 Å². The van der Waals surface area contributed by atoms with Crippen LogP contribution in [-0.4, -0.2) is 39.1 Å². The number of rotatable bonds is 6. The molecule has 0 unspecified atom stereocenters. The van der Waals surface area contributed by atoms with Gasteiger partial charge in [-0.3, -0.25) is 13.9 Å². The van der Waals surface area contributed by atoms with Gasteiger partial charge in [0.15, 0.2) is 6.10 Å². The molecule has 0 aliphatic carbocycles. The van der Waals surface area contributed by atoms with Gasteiger partial charge in [0.1, 0.15) is 5.75 Å². The van der Waals surface area contributed by atoms with Crippen LogP contribution in [0.3, 0.4) is 0 Å². The number of sulfonamides is 1. The minimum atomic E-state index is -3.71. The fourth-order valence-corrected chi connectivity index (χ4v) is 4.85. The maximum atomic E-state index is 13.1. The lowest BCUT2D eigenvalue weighted by Gasteiger charge is -2.34. The molecule has 35 heavy (non-hydrogen) atoms. The first-order valence-electron chi connectivity index (χ1n) is 10.8. The van der Waals surface area contributed by atoms with E-state index in [9.17, 15) is 18.0 Å². The minimum absolute atomic E-state index is 0.217. The van der Waals surface area contributed by atoms with Crippen LogP contribution in [0.4, 0.5) is 11.4 Å². The summed E-state index contributed by atoms with van der Waals surface area (Å²) in [5, 5.41) is 5.99. The van der Waals surface area contributed by atoms with E-state index in [1.165, 1.54) is 12.1 Å². The Morgan fingerprint density at radius 2 is 1.74 bits per heavy atom. The highest BCUT2D eigenvalue weighted by Crippen LogP contribution is 2.37. The predicted molar refractivity (Wildman–Crippen MR) is 135 cm³/mol. The predicted octanol–water partition coefficient (Wildman–Crippen LogP) is 4.00. The number of fused-ring (bicyclic) bond motifs is 1. The van der Waals surface area contributed by atoms with E-state index >= 15 is 0 Å². The van der Waals surface area contributed by atoms with E-state index in [4.69, 9.17) is 16.3 Å². The maximum Gasteiger partial charge on any atom is 0.267 e. The van der Waals surface area contributed by atoms with Crippen LogP contribution in [0.1, 0.15) is 28.9 Å². The molecule has 182 valence electrons. The first kappa shape index (κ1) is 24.6. The highest BCUT2D eigenvalue weighted by atomic mass is 35.5. The number of halogens is 1. The number of carbonyl (C=O) groups excluding carboxylic acids is 2. The Labute approximate surface area is 208 Å². The van der Waals surface area contributed by atoms with Gasteiger partial charge in [0.2, 0.25) is 10.0 Å². The van der Waals surface area contributed by atoms with Gasteiger partial charge in [-0.25, -0.2) is 8.42 Å². The summed E-state index contributed by atoms with van der Waals surface area (Å²) in [6.45, 7) is 1.63. The summed E-state index contributed by atoms with van der Waals surface area (Å²) < 4.78 is 31.7. The van der Waals surface area contributed by atoms with E-state index in [-0.39, 0.29) is 41.2 Å². The Morgan fingerprint density at radius 1 is 1.06 bits per heavy atom. The quantitative estimate of drug-likeness (QED) is 0.518. The molecule has 3 aromatic carbocycles. The molecule has 1 aliphatic heterocycles. The summed E-state index contributed by atoms with van der Waals surface area (Å²) in [5.41, 5.74) is 1.76. The van der Waals surface area contributed by atoms with Crippen LogP contribution in [0.15, 0.2) is 72.8 Å². The van der Waals surface area contributed by atoms with Crippen LogP contribution in [0.2, 0.25) is 5.02 Å². The summed E-state index contributed by atoms with van der Waals surface area (Å²) in [6.07, 6.45) is -0.0938. The summed E-state index contributed by atoms with van der Waals surface area (Å²) in [4.78, 5) is 26.1. The Morgan fingerprint density at radius 3 is 2.46 bits per heavy atom. The van der Waals surface area contributed by atoms with Crippen molar-refractivity contribution in [3.63, 3.8) is 0 Å². The molecule has 0 aromatic heterocycles. The van der Waals surface area contributed by atoms with E-state index in [0.29, 0.717) is 5.02 Å². The highest BCUT2D eigenvalue weighted by molar-refractivity contribution is 7.92. The molecule has 0 fully saturated rings. The lowest BCUT2D eigenvalue weighted by molar-refractivity contribution is -0.122. The lowest BCUT2D eigenvalue weighted by Crippen LogP contribution is -2.48. The fraction of sp³-hybridized carbons (Fsp3) is 0.200. The first-order valence-corrected chi connectivity index (χ1v) is 13.1. The highest BCUT2D eigenvalue weighted by Gasteiger charge is 2.35. The molecule has 2 atom stereocenters. The third-order valence-corrected chi connectivity index (χ3v) is 6.94. The van der Waals surface area contributed by atoms with Crippen LogP contribution < -0.4 is 19.7 Å². The van der Waals surface area contributed by atoms with Crippen molar-refractivity contribution >= 4 is 44.8 Å². The van der Waals surface area contributed by atoms with Crippen molar-refractivity contribution < 1.29 is 22.7 Å². The number of carbonyl (C=O) groups is 2. The molecule has 2 N–H and O–H groups in total. The summed E-state index contributed by atoms with van der Waals surface area (Å²) >= 11 is 6.03. The van der Waals surface area contributed by atoms with Crippen LogP contribution in [0, 0.1) is 0 Å². The molecule has 8 nitrogen and oxygen atoms in total. The van der Waals surface area contributed by atoms with Crippen molar-refractivity contribution in [1.82, 2.24) is 5.32 Å². The molecule has 10 heteroatoms. The molecule has 1 aliphatic rings. The number of anilines is 2. The zero-order chi connectivity index (χ0) is 25.2. The Balaban J connectivity index is 1.54. The molecule has 0 saturated heterocycles. The van der Waals surface area contributed by atoms with Gasteiger partial charge >= 0.3 is 0 Å².